The molecule has 4 atom stereocenters. The zero-order valence-corrected chi connectivity index (χ0v) is 16.0. The number of ether oxygens (including phenoxy) is 3. The molecule has 4 aliphatic rings. The molecular weight excluding hydrogens is 386 g/mol. The maximum atomic E-state index is 13.4. The Bertz CT molecular complexity index is 1070. The summed E-state index contributed by atoms with van der Waals surface area (Å²) in [6.45, 7) is 0.928. The molecule has 1 aromatic heterocycles. The van der Waals surface area contributed by atoms with Crippen molar-refractivity contribution in [2.75, 3.05) is 18.2 Å². The van der Waals surface area contributed by atoms with Crippen LogP contribution in [0.15, 0.2) is 54.9 Å². The lowest BCUT2D eigenvalue weighted by Crippen LogP contribution is -2.43. The van der Waals surface area contributed by atoms with Gasteiger partial charge in [0, 0.05) is 30.7 Å². The fourth-order valence-electron chi connectivity index (χ4n) is 4.88. The predicted molar refractivity (Wildman–Crippen MR) is 105 cm³/mol. The molecule has 1 N–H and O–H groups in total. The number of pyridine rings is 1. The van der Waals surface area contributed by atoms with Gasteiger partial charge in [-0.1, -0.05) is 12.2 Å². The minimum Gasteiger partial charge on any atom is -0.454 e. The first-order valence-electron chi connectivity index (χ1n) is 9.89. The van der Waals surface area contributed by atoms with E-state index in [1.54, 1.807) is 29.4 Å². The summed E-state index contributed by atoms with van der Waals surface area (Å²) < 4.78 is 17.0. The third kappa shape index (κ3) is 2.46. The summed E-state index contributed by atoms with van der Waals surface area (Å²) >= 11 is 0. The SMILES string of the molecule is O=C(NCc1ccncc1)[C@@H]1[C@H]2C=C[C@]3(CN(c4ccc5c(c4)OCO5)C(=O)[C@@H]13)O2. The summed E-state index contributed by atoms with van der Waals surface area (Å²) in [4.78, 5) is 32.1. The standard InChI is InChI=1S/C22H19N3O5/c26-20(24-10-13-4-7-23-8-5-13)18-16-3-6-22(30-16)11-25(21(27)19(18)22)14-1-2-15-17(9-14)29-12-28-15/h1-9,16,18-19H,10-12H2,(H,24,26)/t16-,18-,19-,22-/m1/s1. The van der Waals surface area contributed by atoms with Crippen molar-refractivity contribution < 1.29 is 23.8 Å². The van der Waals surface area contributed by atoms with Gasteiger partial charge in [-0.05, 0) is 29.8 Å². The number of hydrogen-bond donors (Lipinski definition) is 1. The first kappa shape index (κ1) is 17.5. The normalized spacial score (nSPS) is 30.1. The average Bonchev–Trinajstić information content (AvgIpc) is 3.53. The summed E-state index contributed by atoms with van der Waals surface area (Å²) in [7, 11) is 0. The van der Waals surface area contributed by atoms with Crippen molar-refractivity contribution >= 4 is 17.5 Å². The van der Waals surface area contributed by atoms with E-state index in [0.29, 0.717) is 30.3 Å². The topological polar surface area (TPSA) is 90.0 Å². The zero-order valence-electron chi connectivity index (χ0n) is 16.0. The van der Waals surface area contributed by atoms with Crippen LogP contribution in [-0.2, 0) is 20.9 Å². The zero-order chi connectivity index (χ0) is 20.3. The van der Waals surface area contributed by atoms with Crippen LogP contribution < -0.4 is 19.7 Å². The molecule has 2 saturated heterocycles. The molecule has 1 aromatic carbocycles. The number of nitrogens with zero attached hydrogens (tertiary/aromatic N) is 2. The first-order chi connectivity index (χ1) is 14.6. The van der Waals surface area contributed by atoms with Gasteiger partial charge in [0.05, 0.1) is 24.5 Å². The van der Waals surface area contributed by atoms with Gasteiger partial charge in [0.2, 0.25) is 18.6 Å². The molecule has 152 valence electrons. The second-order valence-electron chi connectivity index (χ2n) is 7.94. The summed E-state index contributed by atoms with van der Waals surface area (Å²) in [5, 5.41) is 2.96. The lowest BCUT2D eigenvalue weighted by molar-refractivity contribution is -0.132. The van der Waals surface area contributed by atoms with Crippen LogP contribution in [-0.4, -0.2) is 41.8 Å². The van der Waals surface area contributed by atoms with Gasteiger partial charge in [-0.3, -0.25) is 14.6 Å². The van der Waals surface area contributed by atoms with Gasteiger partial charge in [0.15, 0.2) is 11.5 Å². The van der Waals surface area contributed by atoms with Crippen LogP contribution in [0.3, 0.4) is 0 Å². The Morgan fingerprint density at radius 3 is 2.90 bits per heavy atom. The van der Waals surface area contributed by atoms with E-state index in [1.165, 1.54) is 0 Å². The number of carbonyl (C=O) groups is 2. The average molecular weight is 405 g/mol. The molecule has 4 aliphatic heterocycles. The number of carbonyl (C=O) groups excluding carboxylic acids is 2. The number of hydrogen-bond acceptors (Lipinski definition) is 6. The van der Waals surface area contributed by atoms with E-state index in [4.69, 9.17) is 14.2 Å². The summed E-state index contributed by atoms with van der Waals surface area (Å²) in [6.07, 6.45) is 6.84. The first-order valence-corrected chi connectivity index (χ1v) is 9.89. The van der Waals surface area contributed by atoms with Crippen molar-refractivity contribution in [3.63, 3.8) is 0 Å². The highest BCUT2D eigenvalue weighted by atomic mass is 16.7. The van der Waals surface area contributed by atoms with E-state index in [2.05, 4.69) is 10.3 Å². The maximum absolute atomic E-state index is 13.4. The fourth-order valence-corrected chi connectivity index (χ4v) is 4.88. The predicted octanol–water partition coefficient (Wildman–Crippen LogP) is 1.41. The summed E-state index contributed by atoms with van der Waals surface area (Å²) in [5.41, 5.74) is 0.897. The summed E-state index contributed by atoms with van der Waals surface area (Å²) in [5.74, 6) is -0.103. The summed E-state index contributed by atoms with van der Waals surface area (Å²) in [6, 6.07) is 9.12. The molecule has 2 fully saturated rings. The van der Waals surface area contributed by atoms with E-state index < -0.39 is 17.4 Å². The number of nitrogens with one attached hydrogen (secondary N) is 1. The van der Waals surface area contributed by atoms with Gasteiger partial charge in [-0.25, -0.2) is 0 Å². The minimum atomic E-state index is -0.767. The maximum Gasteiger partial charge on any atom is 0.234 e. The van der Waals surface area contributed by atoms with Crippen LogP contribution in [0.1, 0.15) is 5.56 Å². The molecule has 0 radical (unpaired) electrons. The number of rotatable bonds is 4. The molecule has 8 heteroatoms. The molecule has 5 heterocycles. The van der Waals surface area contributed by atoms with Crippen LogP contribution in [0.5, 0.6) is 11.5 Å². The van der Waals surface area contributed by atoms with Crippen molar-refractivity contribution in [3.05, 3.63) is 60.4 Å². The molecule has 0 aliphatic carbocycles. The van der Waals surface area contributed by atoms with E-state index in [9.17, 15) is 9.59 Å². The van der Waals surface area contributed by atoms with Crippen molar-refractivity contribution in [1.29, 1.82) is 0 Å². The number of aromatic nitrogens is 1. The molecule has 8 nitrogen and oxygen atoms in total. The lowest BCUT2D eigenvalue weighted by atomic mass is 9.77. The highest BCUT2D eigenvalue weighted by Crippen LogP contribution is 2.53. The lowest BCUT2D eigenvalue weighted by Gasteiger charge is -2.23. The van der Waals surface area contributed by atoms with Gasteiger partial charge in [0.25, 0.3) is 0 Å². The van der Waals surface area contributed by atoms with Crippen LogP contribution >= 0.6 is 0 Å². The molecule has 6 rings (SSSR count). The minimum absolute atomic E-state index is 0.107. The quantitative estimate of drug-likeness (QED) is 0.774. The van der Waals surface area contributed by atoms with E-state index in [1.807, 2.05) is 30.4 Å². The van der Waals surface area contributed by atoms with E-state index in [-0.39, 0.29) is 24.7 Å². The highest BCUT2D eigenvalue weighted by Gasteiger charge is 2.67. The molecular formula is C22H19N3O5. The van der Waals surface area contributed by atoms with Crippen molar-refractivity contribution in [2.45, 2.75) is 18.2 Å². The fraction of sp³-hybridized carbons (Fsp3) is 0.318. The number of amides is 2. The van der Waals surface area contributed by atoms with Gasteiger partial charge in [-0.2, -0.15) is 0 Å². The van der Waals surface area contributed by atoms with Gasteiger partial charge < -0.3 is 24.4 Å². The largest absolute Gasteiger partial charge is 0.454 e. The smallest absolute Gasteiger partial charge is 0.234 e. The number of fused-ring (bicyclic) bond motifs is 2. The Balaban J connectivity index is 1.25. The second-order valence-corrected chi connectivity index (χ2v) is 7.94. The Labute approximate surface area is 172 Å². The van der Waals surface area contributed by atoms with Crippen molar-refractivity contribution in [3.8, 4) is 11.5 Å². The van der Waals surface area contributed by atoms with Crippen LogP contribution in [0.4, 0.5) is 5.69 Å². The van der Waals surface area contributed by atoms with Crippen LogP contribution in [0.2, 0.25) is 0 Å². The Hall–Kier alpha value is -3.39. The number of benzene rings is 1. The Morgan fingerprint density at radius 1 is 1.20 bits per heavy atom. The molecule has 1 spiro atoms. The van der Waals surface area contributed by atoms with Gasteiger partial charge in [0.1, 0.15) is 5.60 Å². The van der Waals surface area contributed by atoms with E-state index in [0.717, 1.165) is 5.56 Å². The Kier molecular flexibility index (Phi) is 3.67. The van der Waals surface area contributed by atoms with Crippen molar-refractivity contribution in [1.82, 2.24) is 10.3 Å². The molecule has 2 aromatic rings. The molecule has 0 saturated carbocycles. The monoisotopic (exact) mass is 405 g/mol. The third-order valence-corrected chi connectivity index (χ3v) is 6.29. The van der Waals surface area contributed by atoms with Crippen LogP contribution in [0.25, 0.3) is 0 Å². The van der Waals surface area contributed by atoms with Gasteiger partial charge >= 0.3 is 0 Å². The van der Waals surface area contributed by atoms with Crippen LogP contribution in [0, 0.1) is 11.8 Å². The second kappa shape index (κ2) is 6.30. The van der Waals surface area contributed by atoms with Crippen molar-refractivity contribution in [2.24, 2.45) is 11.8 Å². The molecule has 30 heavy (non-hydrogen) atoms. The van der Waals surface area contributed by atoms with E-state index >= 15 is 0 Å². The molecule has 2 bridgehead atoms. The van der Waals surface area contributed by atoms with Gasteiger partial charge in [-0.15, -0.1) is 0 Å². The highest BCUT2D eigenvalue weighted by molar-refractivity contribution is 6.03. The third-order valence-electron chi connectivity index (χ3n) is 6.29. The number of anilines is 1. The molecule has 2 amide bonds. The molecule has 0 unspecified atom stereocenters. The Morgan fingerprint density at radius 2 is 2.03 bits per heavy atom.